The summed E-state index contributed by atoms with van der Waals surface area (Å²) >= 11 is 3.10. The van der Waals surface area contributed by atoms with Crippen LogP contribution in [0.2, 0.25) is 0 Å². The van der Waals surface area contributed by atoms with Crippen molar-refractivity contribution in [3.05, 3.63) is 35.4 Å². The number of carbonyl (C=O) groups is 2. The van der Waals surface area contributed by atoms with Gasteiger partial charge in [-0.3, -0.25) is 4.79 Å². The Bertz CT molecular complexity index is 565. The Morgan fingerprint density at radius 1 is 1.43 bits per heavy atom. The number of rotatable bonds is 7. The molecule has 1 rings (SSSR count). The Balaban J connectivity index is 3.37. The van der Waals surface area contributed by atoms with Gasteiger partial charge in [0.1, 0.15) is 0 Å². The maximum atomic E-state index is 11.8. The summed E-state index contributed by atoms with van der Waals surface area (Å²) in [7, 11) is 1.40. The Morgan fingerprint density at radius 3 is 2.57 bits per heavy atom. The van der Waals surface area contributed by atoms with Crippen LogP contribution in [-0.4, -0.2) is 34.4 Å². The molecule has 0 fully saturated rings. The molecule has 0 aliphatic carbocycles. The van der Waals surface area contributed by atoms with E-state index < -0.39 is 5.97 Å². The van der Waals surface area contributed by atoms with Crippen LogP contribution in [0.5, 0.6) is 11.5 Å². The fourth-order valence-corrected chi connectivity index (χ4v) is 2.29. The molecule has 2 N–H and O–H groups in total. The third kappa shape index (κ3) is 4.32. The second kappa shape index (κ2) is 7.83. The van der Waals surface area contributed by atoms with E-state index in [1.807, 2.05) is 6.92 Å². The largest absolute Gasteiger partial charge is 0.504 e. The summed E-state index contributed by atoms with van der Waals surface area (Å²) in [6.45, 7) is 1.86. The van der Waals surface area contributed by atoms with Crippen LogP contribution in [-0.2, 0) is 4.79 Å². The number of phenols is 1. The highest BCUT2D eigenvalue weighted by atomic mass is 79.9. The van der Waals surface area contributed by atoms with Gasteiger partial charge in [0.25, 0.3) is 0 Å². The number of ether oxygens (including phenoxy) is 1. The van der Waals surface area contributed by atoms with Gasteiger partial charge in [0.05, 0.1) is 12.4 Å². The Kier molecular flexibility index (Phi) is 6.42. The van der Waals surface area contributed by atoms with Crippen LogP contribution in [0.25, 0.3) is 0 Å². The van der Waals surface area contributed by atoms with Crippen LogP contribution < -0.4 is 4.74 Å². The number of carbonyl (C=O) groups excluding carboxylic acids is 1. The van der Waals surface area contributed by atoms with Crippen LogP contribution in [0.4, 0.5) is 0 Å². The molecule has 0 radical (unpaired) electrons. The number of phenolic OH excluding ortho intramolecular Hbond substituents is 1. The standard InChI is InChI=1S/C15H17BrO5/c1-3-9(4-5-14(18)19)11-6-10(12(17)8-16)7-13(21-2)15(11)20/h4-7,9,20H,3,8H2,1-2H3,(H,18,19). The normalized spacial score (nSPS) is 12.3. The summed E-state index contributed by atoms with van der Waals surface area (Å²) in [5.41, 5.74) is 0.873. The lowest BCUT2D eigenvalue weighted by atomic mass is 9.92. The van der Waals surface area contributed by atoms with Crippen molar-refractivity contribution in [3.8, 4) is 11.5 Å². The molecule has 0 spiro atoms. The first-order valence-corrected chi connectivity index (χ1v) is 7.47. The minimum absolute atomic E-state index is 0.0782. The Morgan fingerprint density at radius 2 is 2.10 bits per heavy atom. The quantitative estimate of drug-likeness (QED) is 0.445. The first kappa shape index (κ1) is 17.2. The van der Waals surface area contributed by atoms with Crippen molar-refractivity contribution in [1.29, 1.82) is 0 Å². The molecular formula is C15H17BrO5. The molecule has 1 aromatic rings. The molecule has 5 nitrogen and oxygen atoms in total. The van der Waals surface area contributed by atoms with Crippen LogP contribution >= 0.6 is 15.9 Å². The van der Waals surface area contributed by atoms with Gasteiger partial charge in [0.2, 0.25) is 0 Å². The number of alkyl halides is 1. The summed E-state index contributed by atoms with van der Waals surface area (Å²) in [5.74, 6) is -1.42. The van der Waals surface area contributed by atoms with E-state index in [0.717, 1.165) is 6.08 Å². The summed E-state index contributed by atoms with van der Waals surface area (Å²) in [4.78, 5) is 22.5. The zero-order valence-corrected chi connectivity index (χ0v) is 13.4. The predicted molar refractivity (Wildman–Crippen MR) is 82.6 cm³/mol. The number of carboxylic acid groups (broad SMARTS) is 1. The molecular weight excluding hydrogens is 340 g/mol. The average molecular weight is 357 g/mol. The second-order valence-electron chi connectivity index (χ2n) is 4.39. The van der Waals surface area contributed by atoms with Gasteiger partial charge in [-0.25, -0.2) is 4.79 Å². The van der Waals surface area contributed by atoms with Crippen molar-refractivity contribution >= 4 is 27.7 Å². The Hall–Kier alpha value is -1.82. The highest BCUT2D eigenvalue weighted by Crippen LogP contribution is 2.38. The number of benzene rings is 1. The van der Waals surface area contributed by atoms with E-state index in [1.165, 1.54) is 19.3 Å². The number of methoxy groups -OCH3 is 1. The van der Waals surface area contributed by atoms with Gasteiger partial charge in [-0.1, -0.05) is 28.9 Å². The zero-order valence-electron chi connectivity index (χ0n) is 11.8. The SMILES string of the molecule is CCC(C=CC(=O)O)c1cc(C(=O)CBr)cc(OC)c1O. The van der Waals surface area contributed by atoms with E-state index >= 15 is 0 Å². The molecule has 0 aromatic heterocycles. The Labute approximate surface area is 131 Å². The molecule has 114 valence electrons. The summed E-state index contributed by atoms with van der Waals surface area (Å²) in [6.07, 6.45) is 3.09. The summed E-state index contributed by atoms with van der Waals surface area (Å²) < 4.78 is 5.08. The van der Waals surface area contributed by atoms with Gasteiger partial charge in [-0.2, -0.15) is 0 Å². The highest BCUT2D eigenvalue weighted by Gasteiger charge is 2.19. The van der Waals surface area contributed by atoms with E-state index in [-0.39, 0.29) is 28.5 Å². The second-order valence-corrected chi connectivity index (χ2v) is 4.95. The minimum Gasteiger partial charge on any atom is -0.504 e. The van der Waals surface area contributed by atoms with Crippen molar-refractivity contribution in [2.75, 3.05) is 12.4 Å². The fraction of sp³-hybridized carbons (Fsp3) is 0.333. The molecule has 1 unspecified atom stereocenters. The lowest BCUT2D eigenvalue weighted by Crippen LogP contribution is -2.05. The first-order chi connectivity index (χ1) is 9.94. The monoisotopic (exact) mass is 356 g/mol. The molecule has 0 amide bonds. The number of Topliss-reactive ketones (excluding diaryl/α,β-unsaturated/α-hetero) is 1. The van der Waals surface area contributed by atoms with Gasteiger partial charge in [-0.15, -0.1) is 0 Å². The van der Waals surface area contributed by atoms with Crippen LogP contribution in [0.15, 0.2) is 24.3 Å². The number of carboxylic acids is 1. The van der Waals surface area contributed by atoms with E-state index in [0.29, 0.717) is 17.5 Å². The molecule has 0 aliphatic heterocycles. The van der Waals surface area contributed by atoms with Crippen molar-refractivity contribution in [3.63, 3.8) is 0 Å². The van der Waals surface area contributed by atoms with E-state index in [2.05, 4.69) is 15.9 Å². The van der Waals surface area contributed by atoms with Gasteiger partial charge in [-0.05, 0) is 18.6 Å². The maximum absolute atomic E-state index is 11.8. The predicted octanol–water partition coefficient (Wildman–Crippen LogP) is 3.11. The summed E-state index contributed by atoms with van der Waals surface area (Å²) in [5, 5.41) is 19.1. The number of aliphatic carboxylic acids is 1. The molecule has 21 heavy (non-hydrogen) atoms. The molecule has 1 aromatic carbocycles. The minimum atomic E-state index is -1.06. The van der Waals surface area contributed by atoms with Gasteiger partial charge >= 0.3 is 5.97 Å². The molecule has 0 saturated heterocycles. The van der Waals surface area contributed by atoms with Gasteiger partial charge in [0, 0.05) is 23.1 Å². The van der Waals surface area contributed by atoms with Crippen molar-refractivity contribution in [2.45, 2.75) is 19.3 Å². The number of ketones is 1. The van der Waals surface area contributed by atoms with Crippen molar-refractivity contribution < 1.29 is 24.5 Å². The average Bonchev–Trinajstić information content (AvgIpc) is 2.48. The van der Waals surface area contributed by atoms with Crippen molar-refractivity contribution in [1.82, 2.24) is 0 Å². The molecule has 0 bridgehead atoms. The van der Waals surface area contributed by atoms with Crippen LogP contribution in [0, 0.1) is 0 Å². The lowest BCUT2D eigenvalue weighted by molar-refractivity contribution is -0.131. The van der Waals surface area contributed by atoms with E-state index in [4.69, 9.17) is 9.84 Å². The maximum Gasteiger partial charge on any atom is 0.327 e. The molecule has 0 aliphatic rings. The summed E-state index contributed by atoms with van der Waals surface area (Å²) in [6, 6.07) is 3.04. The van der Waals surface area contributed by atoms with Crippen LogP contribution in [0.3, 0.4) is 0 Å². The highest BCUT2D eigenvalue weighted by molar-refractivity contribution is 9.09. The number of halogens is 1. The first-order valence-electron chi connectivity index (χ1n) is 6.35. The molecule has 1 atom stereocenters. The van der Waals surface area contributed by atoms with Gasteiger partial charge < -0.3 is 14.9 Å². The molecule has 6 heteroatoms. The fourth-order valence-electron chi connectivity index (χ4n) is 1.96. The van der Waals surface area contributed by atoms with Gasteiger partial charge in [0.15, 0.2) is 17.3 Å². The lowest BCUT2D eigenvalue weighted by Gasteiger charge is -2.16. The third-order valence-corrected chi connectivity index (χ3v) is 3.59. The number of hydrogen-bond acceptors (Lipinski definition) is 4. The van der Waals surface area contributed by atoms with E-state index in [9.17, 15) is 14.7 Å². The molecule has 0 saturated carbocycles. The topological polar surface area (TPSA) is 83.8 Å². The van der Waals surface area contributed by atoms with E-state index in [1.54, 1.807) is 6.07 Å². The number of aromatic hydroxyl groups is 1. The smallest absolute Gasteiger partial charge is 0.327 e. The van der Waals surface area contributed by atoms with Crippen LogP contribution in [0.1, 0.15) is 35.2 Å². The number of allylic oxidation sites excluding steroid dienone is 1. The number of hydrogen-bond donors (Lipinski definition) is 2. The third-order valence-electron chi connectivity index (χ3n) is 3.08. The molecule has 0 heterocycles. The zero-order chi connectivity index (χ0) is 16.0. The van der Waals surface area contributed by atoms with Crippen molar-refractivity contribution in [2.24, 2.45) is 0 Å².